The summed E-state index contributed by atoms with van der Waals surface area (Å²) in [6.45, 7) is 3.48. The van der Waals surface area contributed by atoms with Gasteiger partial charge in [-0.1, -0.05) is 131 Å². The first-order chi connectivity index (χ1) is 25.8. The minimum Gasteiger partial charge on any atom is -0.462 e. The summed E-state index contributed by atoms with van der Waals surface area (Å²) in [6, 6.07) is 0. The van der Waals surface area contributed by atoms with E-state index in [1.165, 1.54) is 25.7 Å². The van der Waals surface area contributed by atoms with Crippen molar-refractivity contribution in [2.24, 2.45) is 5.73 Å². The number of phosphoric ester groups is 1. The molecule has 0 fully saturated rings. The van der Waals surface area contributed by atoms with Gasteiger partial charge in [0.05, 0.1) is 13.2 Å². The van der Waals surface area contributed by atoms with E-state index in [9.17, 15) is 19.0 Å². The van der Waals surface area contributed by atoms with E-state index in [1.54, 1.807) is 0 Å². The van der Waals surface area contributed by atoms with Crippen LogP contribution in [-0.4, -0.2) is 49.3 Å². The Hall–Kier alpha value is -2.81. The molecule has 0 aromatic heterocycles. The molecule has 0 amide bonds. The van der Waals surface area contributed by atoms with Gasteiger partial charge in [-0.25, -0.2) is 4.57 Å². The van der Waals surface area contributed by atoms with E-state index < -0.39 is 32.5 Å². The third-order valence-electron chi connectivity index (χ3n) is 7.77. The maximum Gasteiger partial charge on any atom is 0.472 e. The van der Waals surface area contributed by atoms with Gasteiger partial charge in [-0.15, -0.1) is 0 Å². The maximum absolute atomic E-state index is 12.5. The van der Waals surface area contributed by atoms with E-state index in [2.05, 4.69) is 92.8 Å². The average Bonchev–Trinajstić information content (AvgIpc) is 3.14. The van der Waals surface area contributed by atoms with Gasteiger partial charge in [-0.05, 0) is 83.5 Å². The van der Waals surface area contributed by atoms with Crippen LogP contribution in [0.25, 0.3) is 0 Å². The molecule has 1 unspecified atom stereocenters. The lowest BCUT2D eigenvalue weighted by molar-refractivity contribution is -0.161. The van der Waals surface area contributed by atoms with Crippen LogP contribution >= 0.6 is 7.82 Å². The maximum atomic E-state index is 12.5. The van der Waals surface area contributed by atoms with Gasteiger partial charge >= 0.3 is 19.8 Å². The van der Waals surface area contributed by atoms with Crippen molar-refractivity contribution in [3.8, 4) is 0 Å². The molecule has 0 spiro atoms. The van der Waals surface area contributed by atoms with E-state index >= 15 is 0 Å². The summed E-state index contributed by atoms with van der Waals surface area (Å²) in [5.74, 6) is -0.924. The number of rotatable bonds is 36. The van der Waals surface area contributed by atoms with Crippen LogP contribution in [0, 0.1) is 0 Å². The Balaban J connectivity index is 4.35. The number of hydrogen-bond acceptors (Lipinski definition) is 8. The van der Waals surface area contributed by atoms with Crippen molar-refractivity contribution in [3.63, 3.8) is 0 Å². The lowest BCUT2D eigenvalue weighted by Crippen LogP contribution is -2.29. The lowest BCUT2D eigenvalue weighted by Gasteiger charge is -2.19. The summed E-state index contributed by atoms with van der Waals surface area (Å²) in [4.78, 5) is 34.8. The van der Waals surface area contributed by atoms with Gasteiger partial charge in [0.2, 0.25) is 0 Å². The molecule has 10 heteroatoms. The largest absolute Gasteiger partial charge is 0.472 e. The zero-order valence-corrected chi connectivity index (χ0v) is 33.9. The van der Waals surface area contributed by atoms with Gasteiger partial charge in [-0.2, -0.15) is 0 Å². The fourth-order valence-electron chi connectivity index (χ4n) is 4.82. The lowest BCUT2D eigenvalue weighted by atomic mass is 10.1. The molecule has 0 saturated heterocycles. The van der Waals surface area contributed by atoms with Crippen LogP contribution in [0.2, 0.25) is 0 Å². The van der Waals surface area contributed by atoms with Gasteiger partial charge < -0.3 is 20.1 Å². The molecule has 0 aromatic carbocycles. The van der Waals surface area contributed by atoms with Crippen molar-refractivity contribution >= 4 is 19.8 Å². The van der Waals surface area contributed by atoms with Crippen LogP contribution < -0.4 is 5.73 Å². The molecule has 3 N–H and O–H groups in total. The van der Waals surface area contributed by atoms with Gasteiger partial charge in [0, 0.05) is 19.4 Å². The standard InChI is InChI=1S/C43H72NO8P/c1-3-5-7-9-11-13-15-17-19-20-22-24-26-28-30-32-34-36-43(46)52-41(40-51-53(47,48)50-38-37-44)39-49-42(45)35-33-31-29-27-25-23-21-18-16-14-12-10-8-6-4-2/h6,8,11-14,17-19,21-22,24,28,30,41H,3-5,7,9-10,15-16,20,23,25-27,29,31-40,44H2,1-2H3,(H,47,48)/t41-/m1/s1. The summed E-state index contributed by atoms with van der Waals surface area (Å²) in [5, 5.41) is 0. The molecule has 302 valence electrons. The van der Waals surface area contributed by atoms with E-state index in [0.717, 1.165) is 70.6 Å². The second-order valence-corrected chi connectivity index (χ2v) is 14.2. The third kappa shape index (κ3) is 38.7. The highest BCUT2D eigenvalue weighted by Gasteiger charge is 2.25. The molecular weight excluding hydrogens is 689 g/mol. The first kappa shape index (κ1) is 50.2. The van der Waals surface area contributed by atoms with Crippen LogP contribution in [0.3, 0.4) is 0 Å². The van der Waals surface area contributed by atoms with E-state index in [0.29, 0.717) is 19.3 Å². The van der Waals surface area contributed by atoms with Gasteiger partial charge in [0.25, 0.3) is 0 Å². The van der Waals surface area contributed by atoms with Gasteiger partial charge in [-0.3, -0.25) is 18.6 Å². The number of hydrogen-bond donors (Lipinski definition) is 2. The van der Waals surface area contributed by atoms with Crippen molar-refractivity contribution in [1.29, 1.82) is 0 Å². The zero-order chi connectivity index (χ0) is 38.9. The molecule has 0 rings (SSSR count). The van der Waals surface area contributed by atoms with Crippen LogP contribution in [0.5, 0.6) is 0 Å². The van der Waals surface area contributed by atoms with E-state index in [1.807, 2.05) is 6.08 Å². The number of ether oxygens (including phenoxy) is 2. The van der Waals surface area contributed by atoms with Crippen molar-refractivity contribution in [1.82, 2.24) is 0 Å². The summed E-state index contributed by atoms with van der Waals surface area (Å²) < 4.78 is 32.6. The molecular formula is C43H72NO8P. The highest BCUT2D eigenvalue weighted by molar-refractivity contribution is 7.47. The highest BCUT2D eigenvalue weighted by atomic mass is 31.2. The molecule has 53 heavy (non-hydrogen) atoms. The molecule has 0 aliphatic carbocycles. The number of carbonyl (C=O) groups is 2. The number of esters is 2. The Labute approximate surface area is 322 Å². The van der Waals surface area contributed by atoms with Crippen molar-refractivity contribution in [2.75, 3.05) is 26.4 Å². The molecule has 0 radical (unpaired) electrons. The minimum absolute atomic E-state index is 0.0376. The minimum atomic E-state index is -4.40. The Morgan fingerprint density at radius 2 is 1.06 bits per heavy atom. The Kier molecular flexibility index (Phi) is 36.8. The molecule has 2 atom stereocenters. The summed E-state index contributed by atoms with van der Waals surface area (Å²) in [7, 11) is -4.40. The van der Waals surface area contributed by atoms with Crippen LogP contribution in [0.15, 0.2) is 85.1 Å². The molecule has 0 bridgehead atoms. The first-order valence-corrected chi connectivity index (χ1v) is 21.6. The monoisotopic (exact) mass is 761 g/mol. The molecule has 9 nitrogen and oxygen atoms in total. The van der Waals surface area contributed by atoms with Crippen LogP contribution in [-0.2, 0) is 32.7 Å². The molecule has 0 aliphatic heterocycles. The third-order valence-corrected chi connectivity index (χ3v) is 8.75. The number of unbranched alkanes of at least 4 members (excludes halogenated alkanes) is 9. The second-order valence-electron chi connectivity index (χ2n) is 12.8. The first-order valence-electron chi connectivity index (χ1n) is 20.1. The Morgan fingerprint density at radius 1 is 0.585 bits per heavy atom. The topological polar surface area (TPSA) is 134 Å². The summed E-state index contributed by atoms with van der Waals surface area (Å²) in [5.41, 5.74) is 5.33. The smallest absolute Gasteiger partial charge is 0.462 e. The number of nitrogens with two attached hydrogens (primary N) is 1. The second kappa shape index (κ2) is 38.9. The molecule has 0 saturated carbocycles. The van der Waals surface area contributed by atoms with E-state index in [-0.39, 0.29) is 32.6 Å². The quantitative estimate of drug-likeness (QED) is 0.0277. The van der Waals surface area contributed by atoms with Crippen molar-refractivity contribution < 1.29 is 37.6 Å². The average molecular weight is 762 g/mol. The zero-order valence-electron chi connectivity index (χ0n) is 33.0. The molecule has 0 aliphatic rings. The molecule has 0 aromatic rings. The fourth-order valence-corrected chi connectivity index (χ4v) is 5.58. The normalized spacial score (nSPS) is 14.3. The number of phosphoric acid groups is 1. The number of carbonyl (C=O) groups excluding carboxylic acids is 2. The number of allylic oxidation sites excluding steroid dienone is 14. The van der Waals surface area contributed by atoms with Gasteiger partial charge in [0.15, 0.2) is 6.10 Å². The van der Waals surface area contributed by atoms with Crippen LogP contribution in [0.1, 0.15) is 142 Å². The van der Waals surface area contributed by atoms with Crippen LogP contribution in [0.4, 0.5) is 0 Å². The molecule has 0 heterocycles. The van der Waals surface area contributed by atoms with Crippen molar-refractivity contribution in [3.05, 3.63) is 85.1 Å². The van der Waals surface area contributed by atoms with Gasteiger partial charge in [0.1, 0.15) is 6.61 Å². The highest BCUT2D eigenvalue weighted by Crippen LogP contribution is 2.43. The fraction of sp³-hybridized carbons (Fsp3) is 0.628. The predicted octanol–water partition coefficient (Wildman–Crippen LogP) is 11.3. The Morgan fingerprint density at radius 3 is 1.60 bits per heavy atom. The SMILES string of the molecule is CCC=CCC=CCC=CCCCCCCCC(=O)OC[C@H](COP(=O)(O)OCCN)OC(=O)CCCC=CCC=CCC=CCC=CCCCCC. The summed E-state index contributed by atoms with van der Waals surface area (Å²) >= 11 is 0. The predicted molar refractivity (Wildman–Crippen MR) is 219 cm³/mol. The Bertz CT molecular complexity index is 1140. The van der Waals surface area contributed by atoms with E-state index in [4.69, 9.17) is 24.3 Å². The summed E-state index contributed by atoms with van der Waals surface area (Å²) in [6.07, 6.45) is 47.6. The van der Waals surface area contributed by atoms with Crippen molar-refractivity contribution in [2.45, 2.75) is 148 Å².